The summed E-state index contributed by atoms with van der Waals surface area (Å²) in [6.45, 7) is 5.18. The normalized spacial score (nSPS) is 27.2. The molecule has 0 aromatic carbocycles. The van der Waals surface area contributed by atoms with Crippen LogP contribution in [-0.4, -0.2) is 61.4 Å². The Morgan fingerprint density at radius 1 is 1.29 bits per heavy atom. The highest BCUT2D eigenvalue weighted by atomic mass is 16.2. The zero-order valence-electron chi connectivity index (χ0n) is 14.2. The van der Waals surface area contributed by atoms with Gasteiger partial charge in [0.15, 0.2) is 0 Å². The van der Waals surface area contributed by atoms with E-state index in [2.05, 4.69) is 27.7 Å². The summed E-state index contributed by atoms with van der Waals surface area (Å²) in [5.41, 5.74) is 1.28. The van der Waals surface area contributed by atoms with Gasteiger partial charge in [0.1, 0.15) is 0 Å². The van der Waals surface area contributed by atoms with Crippen molar-refractivity contribution in [2.45, 2.75) is 25.7 Å². The highest BCUT2D eigenvalue weighted by Gasteiger charge is 2.31. The molecule has 3 heterocycles. The highest BCUT2D eigenvalue weighted by molar-refractivity contribution is 5.79. The van der Waals surface area contributed by atoms with E-state index < -0.39 is 0 Å². The maximum atomic E-state index is 12.8. The number of allylic oxidation sites excluding steroid dienone is 1. The number of dihydropyridines is 1. The van der Waals surface area contributed by atoms with E-state index in [4.69, 9.17) is 0 Å². The molecular formula is C18H28N4O2. The molecule has 2 unspecified atom stereocenters. The van der Waals surface area contributed by atoms with Gasteiger partial charge in [-0.05, 0) is 50.0 Å². The fraction of sp³-hybridized carbons (Fsp3) is 0.667. The number of nitrogens with one attached hydrogen (secondary N) is 2. The van der Waals surface area contributed by atoms with Crippen LogP contribution < -0.4 is 10.6 Å². The van der Waals surface area contributed by atoms with Crippen LogP contribution in [0.3, 0.4) is 0 Å². The lowest BCUT2D eigenvalue weighted by Gasteiger charge is -2.26. The second-order valence-electron chi connectivity index (χ2n) is 6.95. The summed E-state index contributed by atoms with van der Waals surface area (Å²) in [5, 5.41) is 5.92. The molecule has 3 rings (SSSR count). The van der Waals surface area contributed by atoms with Gasteiger partial charge in [-0.15, -0.1) is 0 Å². The van der Waals surface area contributed by atoms with Crippen LogP contribution in [-0.2, 0) is 9.59 Å². The smallest absolute Gasteiger partial charge is 0.225 e. The second-order valence-corrected chi connectivity index (χ2v) is 6.95. The molecule has 2 fully saturated rings. The van der Waals surface area contributed by atoms with Crippen LogP contribution in [0.4, 0.5) is 0 Å². The quantitative estimate of drug-likeness (QED) is 0.727. The van der Waals surface area contributed by atoms with E-state index in [1.54, 1.807) is 0 Å². The monoisotopic (exact) mass is 332 g/mol. The van der Waals surface area contributed by atoms with Gasteiger partial charge in [0.2, 0.25) is 12.3 Å². The lowest BCUT2D eigenvalue weighted by atomic mass is 9.99. The molecule has 3 aliphatic heterocycles. The number of hydrogen-bond donors (Lipinski definition) is 2. The van der Waals surface area contributed by atoms with E-state index in [1.165, 1.54) is 5.70 Å². The minimum absolute atomic E-state index is 0.152. The largest absolute Gasteiger partial charge is 0.387 e. The standard InChI is InChI=1S/C18H28N4O2/c23-14-20-12-15-5-10-22(13-15)18(24)16-2-1-9-21(11-6-16)17-3-7-19-8-4-17/h3-4,7,14-16,19H,1-2,5-6,8-13H2,(H,20,23). The molecule has 0 aliphatic carbocycles. The summed E-state index contributed by atoms with van der Waals surface area (Å²) in [7, 11) is 0. The molecule has 0 aromatic rings. The van der Waals surface area contributed by atoms with Crippen molar-refractivity contribution in [2.24, 2.45) is 11.8 Å². The van der Waals surface area contributed by atoms with Crippen LogP contribution in [0.2, 0.25) is 0 Å². The number of rotatable bonds is 5. The van der Waals surface area contributed by atoms with Gasteiger partial charge < -0.3 is 20.4 Å². The topological polar surface area (TPSA) is 64.7 Å². The number of amides is 2. The van der Waals surface area contributed by atoms with Gasteiger partial charge >= 0.3 is 0 Å². The molecule has 0 bridgehead atoms. The van der Waals surface area contributed by atoms with Crippen LogP contribution >= 0.6 is 0 Å². The molecule has 0 saturated carbocycles. The molecule has 0 radical (unpaired) electrons. The Labute approximate surface area is 143 Å². The lowest BCUT2D eigenvalue weighted by Crippen LogP contribution is -2.36. The van der Waals surface area contributed by atoms with Crippen LogP contribution in [0.5, 0.6) is 0 Å². The van der Waals surface area contributed by atoms with Gasteiger partial charge in [-0.3, -0.25) is 9.59 Å². The van der Waals surface area contributed by atoms with Gasteiger partial charge in [0, 0.05) is 50.9 Å². The average molecular weight is 332 g/mol. The fourth-order valence-corrected chi connectivity index (χ4v) is 3.95. The Kier molecular flexibility index (Phi) is 5.77. The molecule has 0 spiro atoms. The van der Waals surface area contributed by atoms with Crippen molar-refractivity contribution in [3.63, 3.8) is 0 Å². The Morgan fingerprint density at radius 2 is 2.21 bits per heavy atom. The van der Waals surface area contributed by atoms with Crippen molar-refractivity contribution >= 4 is 12.3 Å². The predicted molar refractivity (Wildman–Crippen MR) is 92.9 cm³/mol. The van der Waals surface area contributed by atoms with E-state index in [1.807, 2.05) is 11.1 Å². The maximum absolute atomic E-state index is 12.8. The van der Waals surface area contributed by atoms with Crippen LogP contribution in [0.15, 0.2) is 24.0 Å². The minimum Gasteiger partial charge on any atom is -0.387 e. The molecule has 2 saturated heterocycles. The number of likely N-dealkylation sites (tertiary alicyclic amines) is 2. The van der Waals surface area contributed by atoms with Gasteiger partial charge in [0.25, 0.3) is 0 Å². The third-order valence-electron chi connectivity index (χ3n) is 5.33. The zero-order valence-corrected chi connectivity index (χ0v) is 14.2. The maximum Gasteiger partial charge on any atom is 0.225 e. The van der Waals surface area contributed by atoms with Crippen LogP contribution in [0.25, 0.3) is 0 Å². The number of hydrogen-bond acceptors (Lipinski definition) is 4. The SMILES string of the molecule is O=CNCC1CCN(C(=O)C2CCCN(C3=CCNC=C3)CC2)C1. The molecule has 0 aromatic heterocycles. The van der Waals surface area contributed by atoms with Gasteiger partial charge in [0.05, 0.1) is 0 Å². The third-order valence-corrected chi connectivity index (χ3v) is 5.33. The molecule has 6 nitrogen and oxygen atoms in total. The molecule has 3 aliphatic rings. The van der Waals surface area contributed by atoms with Crippen molar-refractivity contribution in [3.8, 4) is 0 Å². The van der Waals surface area contributed by atoms with E-state index in [0.29, 0.717) is 18.4 Å². The Bertz CT molecular complexity index is 517. The van der Waals surface area contributed by atoms with Crippen molar-refractivity contribution in [2.75, 3.05) is 39.3 Å². The summed E-state index contributed by atoms with van der Waals surface area (Å²) in [6, 6.07) is 0. The van der Waals surface area contributed by atoms with Crippen molar-refractivity contribution in [1.29, 1.82) is 0 Å². The third kappa shape index (κ3) is 4.10. The van der Waals surface area contributed by atoms with Crippen LogP contribution in [0, 0.1) is 11.8 Å². The summed E-state index contributed by atoms with van der Waals surface area (Å²) in [4.78, 5) is 27.7. The first-order chi connectivity index (χ1) is 11.8. The van der Waals surface area contributed by atoms with Gasteiger partial charge in [-0.2, -0.15) is 0 Å². The van der Waals surface area contributed by atoms with E-state index >= 15 is 0 Å². The first-order valence-corrected chi connectivity index (χ1v) is 9.09. The summed E-state index contributed by atoms with van der Waals surface area (Å²) in [6.07, 6.45) is 11.1. The van der Waals surface area contributed by atoms with E-state index in [9.17, 15) is 9.59 Å². The van der Waals surface area contributed by atoms with E-state index in [0.717, 1.165) is 64.8 Å². The minimum atomic E-state index is 0.152. The molecule has 6 heteroatoms. The molecule has 132 valence electrons. The highest BCUT2D eigenvalue weighted by Crippen LogP contribution is 2.25. The Morgan fingerprint density at radius 3 is 3.00 bits per heavy atom. The average Bonchev–Trinajstić information content (AvgIpc) is 2.96. The molecule has 2 N–H and O–H groups in total. The summed E-state index contributed by atoms with van der Waals surface area (Å²) >= 11 is 0. The Balaban J connectivity index is 1.50. The van der Waals surface area contributed by atoms with E-state index in [-0.39, 0.29) is 5.92 Å². The van der Waals surface area contributed by atoms with Crippen molar-refractivity contribution in [3.05, 3.63) is 24.0 Å². The number of carbonyl (C=O) groups excluding carboxylic acids is 2. The number of carbonyl (C=O) groups is 2. The van der Waals surface area contributed by atoms with Crippen molar-refractivity contribution in [1.82, 2.24) is 20.4 Å². The molecule has 2 amide bonds. The fourth-order valence-electron chi connectivity index (χ4n) is 3.95. The van der Waals surface area contributed by atoms with Crippen molar-refractivity contribution < 1.29 is 9.59 Å². The molecule has 2 atom stereocenters. The van der Waals surface area contributed by atoms with Crippen LogP contribution in [0.1, 0.15) is 25.7 Å². The predicted octanol–water partition coefficient (Wildman–Crippen LogP) is 0.684. The van der Waals surface area contributed by atoms with Gasteiger partial charge in [-0.1, -0.05) is 0 Å². The first-order valence-electron chi connectivity index (χ1n) is 9.09. The lowest BCUT2D eigenvalue weighted by molar-refractivity contribution is -0.134. The first kappa shape index (κ1) is 16.9. The zero-order chi connectivity index (χ0) is 16.8. The summed E-state index contributed by atoms with van der Waals surface area (Å²) < 4.78 is 0. The number of nitrogens with zero attached hydrogens (tertiary/aromatic N) is 2. The summed E-state index contributed by atoms with van der Waals surface area (Å²) in [5.74, 6) is 0.880. The Hall–Kier alpha value is -1.98. The molecule has 24 heavy (non-hydrogen) atoms. The van der Waals surface area contributed by atoms with Gasteiger partial charge in [-0.25, -0.2) is 0 Å². The second kappa shape index (κ2) is 8.22. The molecular weight excluding hydrogens is 304 g/mol.